The quantitative estimate of drug-likeness (QED) is 0.806. The Morgan fingerprint density at radius 2 is 2.22 bits per heavy atom. The maximum absolute atomic E-state index is 4.30. The van der Waals surface area contributed by atoms with Crippen LogP contribution in [0.15, 0.2) is 12.4 Å². The lowest BCUT2D eigenvalue weighted by atomic mass is 10.1. The SMILES string of the molecule is CCc1cnc(NCCC2CNCCN2C)nc1. The minimum absolute atomic E-state index is 0.612. The fourth-order valence-corrected chi connectivity index (χ4v) is 2.16. The summed E-state index contributed by atoms with van der Waals surface area (Å²) < 4.78 is 0. The minimum Gasteiger partial charge on any atom is -0.354 e. The summed E-state index contributed by atoms with van der Waals surface area (Å²) in [5.41, 5.74) is 1.18. The number of anilines is 1. The molecule has 0 amide bonds. The van der Waals surface area contributed by atoms with E-state index in [0.29, 0.717) is 6.04 Å². The average Bonchev–Trinajstić information content (AvgIpc) is 2.42. The van der Waals surface area contributed by atoms with E-state index in [1.807, 2.05) is 12.4 Å². The monoisotopic (exact) mass is 249 g/mol. The van der Waals surface area contributed by atoms with Gasteiger partial charge < -0.3 is 15.5 Å². The van der Waals surface area contributed by atoms with Gasteiger partial charge in [-0.1, -0.05) is 6.92 Å². The summed E-state index contributed by atoms with van der Waals surface area (Å²) in [5, 5.41) is 6.72. The molecule has 5 heteroatoms. The van der Waals surface area contributed by atoms with Gasteiger partial charge in [0.25, 0.3) is 0 Å². The Bertz CT molecular complexity index is 351. The van der Waals surface area contributed by atoms with E-state index < -0.39 is 0 Å². The predicted octanol–water partition coefficient (Wildman–Crippen LogP) is 0.745. The number of aryl methyl sites for hydroxylation is 1. The number of hydrogen-bond donors (Lipinski definition) is 2. The number of nitrogens with one attached hydrogen (secondary N) is 2. The van der Waals surface area contributed by atoms with Crippen LogP contribution in [-0.2, 0) is 6.42 Å². The number of likely N-dealkylation sites (N-methyl/N-ethyl adjacent to an activating group) is 1. The molecule has 2 rings (SSSR count). The maximum atomic E-state index is 4.30. The Labute approximate surface area is 109 Å². The molecule has 2 N–H and O–H groups in total. The zero-order valence-electron chi connectivity index (χ0n) is 11.3. The molecule has 0 bridgehead atoms. The van der Waals surface area contributed by atoms with Crippen LogP contribution in [0.1, 0.15) is 18.9 Å². The first-order valence-corrected chi connectivity index (χ1v) is 6.75. The van der Waals surface area contributed by atoms with Crippen LogP contribution < -0.4 is 10.6 Å². The summed E-state index contributed by atoms with van der Waals surface area (Å²) in [4.78, 5) is 11.0. The van der Waals surface area contributed by atoms with Crippen molar-refractivity contribution in [2.75, 3.05) is 38.5 Å². The first kappa shape index (κ1) is 13.2. The molecule has 1 saturated heterocycles. The van der Waals surface area contributed by atoms with Crippen LogP contribution in [0.5, 0.6) is 0 Å². The van der Waals surface area contributed by atoms with Crippen LogP contribution in [0.2, 0.25) is 0 Å². The average molecular weight is 249 g/mol. The van der Waals surface area contributed by atoms with Gasteiger partial charge in [0, 0.05) is 44.6 Å². The van der Waals surface area contributed by atoms with Crippen molar-refractivity contribution in [3.05, 3.63) is 18.0 Å². The van der Waals surface area contributed by atoms with Gasteiger partial charge in [0.1, 0.15) is 0 Å². The van der Waals surface area contributed by atoms with E-state index in [4.69, 9.17) is 0 Å². The molecule has 1 atom stereocenters. The molecule has 0 radical (unpaired) electrons. The van der Waals surface area contributed by atoms with E-state index in [1.165, 1.54) is 5.56 Å². The fourth-order valence-electron chi connectivity index (χ4n) is 2.16. The lowest BCUT2D eigenvalue weighted by Gasteiger charge is -2.33. The number of nitrogens with zero attached hydrogens (tertiary/aromatic N) is 3. The molecule has 1 aliphatic heterocycles. The smallest absolute Gasteiger partial charge is 0.222 e. The second-order valence-electron chi connectivity index (χ2n) is 4.82. The molecule has 0 aliphatic carbocycles. The van der Waals surface area contributed by atoms with E-state index in [2.05, 4.69) is 39.5 Å². The van der Waals surface area contributed by atoms with E-state index in [1.54, 1.807) is 0 Å². The van der Waals surface area contributed by atoms with Gasteiger partial charge >= 0.3 is 0 Å². The molecule has 1 aromatic rings. The summed E-state index contributed by atoms with van der Waals surface area (Å²) in [7, 11) is 2.19. The molecule has 5 nitrogen and oxygen atoms in total. The van der Waals surface area contributed by atoms with Crippen LogP contribution in [0.25, 0.3) is 0 Å². The van der Waals surface area contributed by atoms with E-state index >= 15 is 0 Å². The van der Waals surface area contributed by atoms with E-state index in [-0.39, 0.29) is 0 Å². The van der Waals surface area contributed by atoms with Crippen molar-refractivity contribution in [3.8, 4) is 0 Å². The molecule has 0 spiro atoms. The lowest BCUT2D eigenvalue weighted by Crippen LogP contribution is -2.49. The Balaban J connectivity index is 1.73. The van der Waals surface area contributed by atoms with Crippen molar-refractivity contribution in [3.63, 3.8) is 0 Å². The highest BCUT2D eigenvalue weighted by molar-refractivity contribution is 5.24. The summed E-state index contributed by atoms with van der Waals surface area (Å²) in [5.74, 6) is 0.735. The van der Waals surface area contributed by atoms with Gasteiger partial charge in [0.05, 0.1) is 0 Å². The van der Waals surface area contributed by atoms with Gasteiger partial charge in [0.15, 0.2) is 0 Å². The highest BCUT2D eigenvalue weighted by atomic mass is 15.2. The number of hydrogen-bond acceptors (Lipinski definition) is 5. The van der Waals surface area contributed by atoms with E-state index in [0.717, 1.165) is 45.0 Å². The number of aromatic nitrogens is 2. The molecule has 0 aromatic carbocycles. The number of rotatable bonds is 5. The molecule has 1 unspecified atom stereocenters. The van der Waals surface area contributed by atoms with Crippen LogP contribution in [-0.4, -0.2) is 54.1 Å². The largest absolute Gasteiger partial charge is 0.354 e. The van der Waals surface area contributed by atoms with Crippen molar-refractivity contribution < 1.29 is 0 Å². The number of piperazine rings is 1. The third-order valence-electron chi connectivity index (χ3n) is 3.52. The topological polar surface area (TPSA) is 53.1 Å². The summed E-state index contributed by atoms with van der Waals surface area (Å²) >= 11 is 0. The van der Waals surface area contributed by atoms with Crippen molar-refractivity contribution in [2.45, 2.75) is 25.8 Å². The van der Waals surface area contributed by atoms with Gasteiger partial charge in [0.2, 0.25) is 5.95 Å². The van der Waals surface area contributed by atoms with Crippen molar-refractivity contribution in [1.29, 1.82) is 0 Å². The van der Waals surface area contributed by atoms with Crippen molar-refractivity contribution >= 4 is 5.95 Å². The zero-order valence-corrected chi connectivity index (χ0v) is 11.3. The molecule has 18 heavy (non-hydrogen) atoms. The molecular formula is C13H23N5. The molecular weight excluding hydrogens is 226 g/mol. The first-order chi connectivity index (χ1) is 8.79. The first-order valence-electron chi connectivity index (χ1n) is 6.75. The van der Waals surface area contributed by atoms with Gasteiger partial charge in [-0.15, -0.1) is 0 Å². The fraction of sp³-hybridized carbons (Fsp3) is 0.692. The zero-order chi connectivity index (χ0) is 12.8. The minimum atomic E-state index is 0.612. The van der Waals surface area contributed by atoms with Gasteiger partial charge in [-0.2, -0.15) is 0 Å². The van der Waals surface area contributed by atoms with Crippen molar-refractivity contribution in [2.24, 2.45) is 0 Å². The normalized spacial score (nSPS) is 20.9. The molecule has 1 fully saturated rings. The molecule has 0 saturated carbocycles. The van der Waals surface area contributed by atoms with Crippen molar-refractivity contribution in [1.82, 2.24) is 20.2 Å². The summed E-state index contributed by atoms with van der Waals surface area (Å²) in [6.07, 6.45) is 5.88. The van der Waals surface area contributed by atoms with E-state index in [9.17, 15) is 0 Å². The lowest BCUT2D eigenvalue weighted by molar-refractivity contribution is 0.194. The van der Waals surface area contributed by atoms with Gasteiger partial charge in [-0.25, -0.2) is 9.97 Å². The summed E-state index contributed by atoms with van der Waals surface area (Å²) in [6, 6.07) is 0.612. The predicted molar refractivity (Wildman–Crippen MR) is 73.8 cm³/mol. The molecule has 100 valence electrons. The maximum Gasteiger partial charge on any atom is 0.222 e. The molecule has 1 aromatic heterocycles. The Kier molecular flexibility index (Phi) is 4.90. The second-order valence-corrected chi connectivity index (χ2v) is 4.82. The Morgan fingerprint density at radius 1 is 1.44 bits per heavy atom. The second kappa shape index (κ2) is 6.66. The van der Waals surface area contributed by atoms with Gasteiger partial charge in [-0.05, 0) is 25.5 Å². The third-order valence-corrected chi connectivity index (χ3v) is 3.52. The van der Waals surface area contributed by atoms with Gasteiger partial charge in [-0.3, -0.25) is 0 Å². The molecule has 2 heterocycles. The van der Waals surface area contributed by atoms with Crippen LogP contribution in [0, 0.1) is 0 Å². The Hall–Kier alpha value is -1.20. The van der Waals surface area contributed by atoms with Crippen LogP contribution >= 0.6 is 0 Å². The summed E-state index contributed by atoms with van der Waals surface area (Å²) in [6.45, 7) is 6.34. The third kappa shape index (κ3) is 3.65. The highest BCUT2D eigenvalue weighted by Crippen LogP contribution is 2.06. The Morgan fingerprint density at radius 3 is 2.89 bits per heavy atom. The molecule has 1 aliphatic rings. The van der Waals surface area contributed by atoms with Crippen LogP contribution in [0.3, 0.4) is 0 Å². The highest BCUT2D eigenvalue weighted by Gasteiger charge is 2.17. The van der Waals surface area contributed by atoms with Crippen LogP contribution in [0.4, 0.5) is 5.95 Å². The standard InChI is InChI=1S/C13H23N5/c1-3-11-8-16-13(17-9-11)15-5-4-12-10-14-6-7-18(12)2/h8-9,12,14H,3-7,10H2,1-2H3,(H,15,16,17).